The van der Waals surface area contributed by atoms with Crippen LogP contribution in [0.4, 0.5) is 21.0 Å². The van der Waals surface area contributed by atoms with Crippen LogP contribution in [0.5, 0.6) is 5.75 Å². The molecule has 0 spiro atoms. The molecule has 2 saturated heterocycles. The zero-order chi connectivity index (χ0) is 59.7. The highest BCUT2D eigenvalue weighted by Gasteiger charge is 2.63. The number of epoxide rings is 1. The second-order valence-electron chi connectivity index (χ2n) is 21.7. The van der Waals surface area contributed by atoms with Gasteiger partial charge >= 0.3 is 18.1 Å². The Kier molecular flexibility index (Phi) is 24.1. The van der Waals surface area contributed by atoms with Crippen LogP contribution in [0.2, 0.25) is 5.02 Å². The van der Waals surface area contributed by atoms with Crippen molar-refractivity contribution in [3.63, 3.8) is 0 Å². The number of hydrogen-bond acceptors (Lipinski definition) is 14. The molecular formula is C58H81ClN8O14. The second-order valence-corrected chi connectivity index (χ2v) is 22.0. The van der Waals surface area contributed by atoms with Crippen LogP contribution in [-0.4, -0.2) is 142 Å². The van der Waals surface area contributed by atoms with Crippen LogP contribution in [0, 0.1) is 17.8 Å². The van der Waals surface area contributed by atoms with Crippen LogP contribution in [0.1, 0.15) is 110 Å². The summed E-state index contributed by atoms with van der Waals surface area (Å²) in [4.78, 5) is 120. The number of esters is 1. The van der Waals surface area contributed by atoms with Gasteiger partial charge in [0.05, 0.1) is 37.5 Å². The zero-order valence-corrected chi connectivity index (χ0v) is 48.9. The van der Waals surface area contributed by atoms with Crippen molar-refractivity contribution in [1.82, 2.24) is 26.2 Å². The Labute approximate surface area is 479 Å². The van der Waals surface area contributed by atoms with Gasteiger partial charge in [0.15, 0.2) is 0 Å². The third kappa shape index (κ3) is 18.2. The lowest BCUT2D eigenvalue weighted by Gasteiger charge is -2.36. The van der Waals surface area contributed by atoms with E-state index in [0.29, 0.717) is 54.8 Å². The molecule has 23 heteroatoms. The first-order valence-corrected chi connectivity index (χ1v) is 27.8. The first-order valence-electron chi connectivity index (χ1n) is 27.4. The van der Waals surface area contributed by atoms with Gasteiger partial charge in [0.25, 0.3) is 0 Å². The summed E-state index contributed by atoms with van der Waals surface area (Å²) >= 11 is 6.85. The van der Waals surface area contributed by atoms with E-state index < -0.39 is 77.9 Å². The Morgan fingerprint density at radius 1 is 1.01 bits per heavy atom. The van der Waals surface area contributed by atoms with E-state index in [1.807, 2.05) is 32.1 Å². The van der Waals surface area contributed by atoms with Crippen molar-refractivity contribution in [1.29, 1.82) is 0 Å². The van der Waals surface area contributed by atoms with Crippen molar-refractivity contribution in [2.75, 3.05) is 45.1 Å². The number of unbranched alkanes of at least 4 members (excludes halogenated alkanes) is 2. The molecule has 3 unspecified atom stereocenters. The van der Waals surface area contributed by atoms with Crippen molar-refractivity contribution in [2.24, 2.45) is 23.5 Å². The Morgan fingerprint density at radius 2 is 1.73 bits per heavy atom. The van der Waals surface area contributed by atoms with E-state index in [1.165, 1.54) is 26.0 Å². The molecule has 0 radical (unpaired) electrons. The number of allylic oxidation sites excluding steroid dienone is 3. The molecular weight excluding hydrogens is 1070 g/mol. The van der Waals surface area contributed by atoms with E-state index in [4.69, 9.17) is 41.0 Å². The maximum atomic E-state index is 14.4. The number of aldehydes is 1. The molecule has 444 valence electrons. The zero-order valence-electron chi connectivity index (χ0n) is 48.1. The molecule has 8 amide bonds. The Balaban J connectivity index is 1.27. The summed E-state index contributed by atoms with van der Waals surface area (Å²) in [6, 6.07) is 5.63. The first-order chi connectivity index (χ1) is 38.4. The molecule has 3 aliphatic rings. The molecule has 4 bridgehead atoms. The summed E-state index contributed by atoms with van der Waals surface area (Å²) in [7, 11) is 6.03. The summed E-state index contributed by atoms with van der Waals surface area (Å²) in [5.41, 5.74) is 7.08. The minimum Gasteiger partial charge on any atom is -0.495 e. The van der Waals surface area contributed by atoms with Crippen molar-refractivity contribution in [3.05, 3.63) is 76.3 Å². The average molecular weight is 1150 g/mol. The van der Waals surface area contributed by atoms with Gasteiger partial charge in [-0.15, -0.1) is 0 Å². The van der Waals surface area contributed by atoms with Gasteiger partial charge in [-0.05, 0) is 112 Å². The largest absolute Gasteiger partial charge is 0.495 e. The molecule has 2 aromatic carbocycles. The van der Waals surface area contributed by atoms with Gasteiger partial charge in [0, 0.05) is 52.7 Å². The topological polar surface area (TPSA) is 296 Å². The third-order valence-corrected chi connectivity index (χ3v) is 15.6. The van der Waals surface area contributed by atoms with E-state index in [2.05, 4.69) is 26.6 Å². The van der Waals surface area contributed by atoms with Crippen LogP contribution in [0.3, 0.4) is 0 Å². The lowest BCUT2D eigenvalue weighted by atomic mass is 9.76. The fourth-order valence-electron chi connectivity index (χ4n) is 10.0. The lowest BCUT2D eigenvalue weighted by Crippen LogP contribution is -2.54. The fourth-order valence-corrected chi connectivity index (χ4v) is 10.3. The number of carbonyl (C=O) groups is 9. The molecule has 22 nitrogen and oxygen atoms in total. The standard InChI is InChI=1S/C58H81ClN8O14/c1-33(2)51(65-47(69)19-12-11-13-25-68)54(73)64-41(17-15-24-61-56(60)75)53(72)62-40-22-20-37(21-23-40)32-79-57(76)66(7)36(5)55(74)80-46-31-49(71)67(8)43-27-38(28-45(78-10)50(43)59)26-34(3)16-14-18-44(77-9)42-29-39(30-48(70)63-42)35(4)52-58(46,6)81-52/h14,16,18,20-23,25,27-28,33,35-36,39,41-42,44,46,51-52H,11-13,15,17,19,24,26,29-32H2,1-10H3,(H,62,72)(H,63,70)(H,64,73)(H,65,69)(H3,60,61,75)/b18-14+,34-16+/t35-,36+,39-,41+,42?,44?,46+,51?,52+,58+/m1/s1. The first kappa shape index (κ1) is 64.8. The number of urea groups is 1. The van der Waals surface area contributed by atoms with E-state index in [0.717, 1.165) is 22.3 Å². The van der Waals surface area contributed by atoms with Gasteiger partial charge in [-0.1, -0.05) is 68.3 Å². The number of amides is 8. The normalized spacial score (nSPS) is 24.0. The van der Waals surface area contributed by atoms with Gasteiger partial charge in [-0.25, -0.2) is 14.4 Å². The van der Waals surface area contributed by atoms with Crippen molar-refractivity contribution in [2.45, 2.75) is 160 Å². The number of nitrogens with one attached hydrogen (secondary N) is 5. The van der Waals surface area contributed by atoms with Crippen molar-refractivity contribution >= 4 is 76.9 Å². The Bertz CT molecular complexity index is 2650. The quantitative estimate of drug-likeness (QED) is 0.0352. The molecule has 81 heavy (non-hydrogen) atoms. The minimum atomic E-state index is -1.21. The van der Waals surface area contributed by atoms with Crippen LogP contribution in [0.25, 0.3) is 0 Å². The molecule has 10 atom stereocenters. The number of nitrogens with two attached hydrogens (primary N) is 1. The number of benzene rings is 2. The SMILES string of the molecule is COc1cc2cc(c1Cl)N(C)C(=O)C[C@H](OC(=O)[C@H](C)N(C)C(=O)OCc1ccc(NC(=O)[C@H](CCCNC(N)=O)NC(=O)C(NC(=O)CCCCC=O)C(C)C)cc1)[C@]1(C)O[C@H]1[C@H](C)[C@H]1CC(=O)NC(C1)C(OC)/C=C/C=C(\C)C2. The van der Waals surface area contributed by atoms with Crippen LogP contribution >= 0.6 is 11.6 Å². The molecule has 3 heterocycles. The summed E-state index contributed by atoms with van der Waals surface area (Å²) in [6.07, 6.45) is 6.36. The molecule has 0 aliphatic carbocycles. The number of hydrogen-bond donors (Lipinski definition) is 6. The number of rotatable bonds is 22. The summed E-state index contributed by atoms with van der Waals surface area (Å²) < 4.78 is 29.7. The van der Waals surface area contributed by atoms with Crippen LogP contribution < -0.4 is 42.0 Å². The van der Waals surface area contributed by atoms with E-state index in [1.54, 1.807) is 71.3 Å². The number of halogens is 1. The lowest BCUT2D eigenvalue weighted by molar-refractivity contribution is -0.158. The molecule has 0 saturated carbocycles. The van der Waals surface area contributed by atoms with Crippen LogP contribution in [0.15, 0.2) is 60.2 Å². The third-order valence-electron chi connectivity index (χ3n) is 15.2. The molecule has 3 aliphatic heterocycles. The van der Waals surface area contributed by atoms with Gasteiger partial charge < -0.3 is 65.7 Å². The highest BCUT2D eigenvalue weighted by Crippen LogP contribution is 2.50. The number of fused-ring (bicyclic) bond motifs is 5. The molecule has 2 aromatic rings. The maximum absolute atomic E-state index is 14.4. The Morgan fingerprint density at radius 3 is 2.38 bits per heavy atom. The smallest absolute Gasteiger partial charge is 0.410 e. The highest BCUT2D eigenvalue weighted by atomic mass is 35.5. The number of ether oxygens (including phenoxy) is 5. The second kappa shape index (κ2) is 30.1. The summed E-state index contributed by atoms with van der Waals surface area (Å²) in [5, 5.41) is 14.0. The summed E-state index contributed by atoms with van der Waals surface area (Å²) in [6.45, 7) is 10.6. The molecule has 7 N–H and O–H groups in total. The number of carbonyl (C=O) groups excluding carboxylic acids is 9. The number of nitrogens with zero attached hydrogens (tertiary/aromatic N) is 2. The van der Waals surface area contributed by atoms with Gasteiger partial charge in [0.1, 0.15) is 53.5 Å². The highest BCUT2D eigenvalue weighted by molar-refractivity contribution is 6.35. The predicted octanol–water partition coefficient (Wildman–Crippen LogP) is 5.80. The van der Waals surface area contributed by atoms with Gasteiger partial charge in [-0.3, -0.25) is 28.9 Å². The molecule has 0 aromatic heterocycles. The fraction of sp³-hybridized carbons (Fsp3) is 0.569. The minimum absolute atomic E-state index is 0.105. The number of piperidine rings is 1. The number of anilines is 2. The van der Waals surface area contributed by atoms with E-state index >= 15 is 0 Å². The number of likely N-dealkylation sites (N-methyl/N-ethyl adjacent to an activating group) is 1. The Hall–Kier alpha value is -7.04. The van der Waals surface area contributed by atoms with Crippen molar-refractivity contribution in [3.8, 4) is 5.75 Å². The summed E-state index contributed by atoms with van der Waals surface area (Å²) in [5.74, 6) is -3.30. The van der Waals surface area contributed by atoms with Crippen molar-refractivity contribution < 1.29 is 66.8 Å². The predicted molar refractivity (Wildman–Crippen MR) is 303 cm³/mol. The maximum Gasteiger partial charge on any atom is 0.410 e. The van der Waals surface area contributed by atoms with E-state index in [9.17, 15) is 43.2 Å². The van der Waals surface area contributed by atoms with Gasteiger partial charge in [0.2, 0.25) is 29.5 Å². The van der Waals surface area contributed by atoms with E-state index in [-0.39, 0.29) is 85.9 Å². The van der Waals surface area contributed by atoms with Gasteiger partial charge in [-0.2, -0.15) is 0 Å². The number of primary amides is 1. The van der Waals surface area contributed by atoms with Crippen LogP contribution in [-0.2, 0) is 65.5 Å². The number of methoxy groups -OCH3 is 2. The molecule has 5 rings (SSSR count). The monoisotopic (exact) mass is 1150 g/mol. The average Bonchev–Trinajstić information content (AvgIpc) is 3.24. The molecule has 2 fully saturated rings.